The normalized spacial score (nSPS) is 13.6. The lowest BCUT2D eigenvalue weighted by Crippen LogP contribution is -2.50. The number of rotatable bonds is 7. The van der Waals surface area contributed by atoms with Crippen LogP contribution in [0.5, 0.6) is 0 Å². The molecule has 2 rings (SSSR count). The molecule has 1 aromatic heterocycles. The predicted molar refractivity (Wildman–Crippen MR) is 81.0 cm³/mol. The highest BCUT2D eigenvalue weighted by Gasteiger charge is 2.40. The lowest BCUT2D eigenvalue weighted by atomic mass is 9.92. The molecule has 21 heavy (non-hydrogen) atoms. The zero-order valence-electron chi connectivity index (χ0n) is 12.0. The minimum absolute atomic E-state index is 0.308. The average molecular weight is 306 g/mol. The minimum atomic E-state index is -0.934. The molecule has 1 heterocycles. The van der Waals surface area contributed by atoms with Gasteiger partial charge >= 0.3 is 5.97 Å². The second-order valence-corrected chi connectivity index (χ2v) is 5.26. The molecule has 0 aliphatic heterocycles. The molecule has 0 aliphatic carbocycles. The first-order valence-corrected chi connectivity index (χ1v) is 7.65. The van der Waals surface area contributed by atoms with Crippen LogP contribution in [0.1, 0.15) is 12.5 Å². The molecule has 0 saturated carbocycles. The van der Waals surface area contributed by atoms with Gasteiger partial charge in [0.15, 0.2) is 5.54 Å². The molecule has 1 aromatic carbocycles. The van der Waals surface area contributed by atoms with E-state index in [4.69, 9.17) is 9.15 Å². The summed E-state index contributed by atoms with van der Waals surface area (Å²) in [7, 11) is 1.75. The predicted octanol–water partition coefficient (Wildman–Crippen LogP) is 2.44. The van der Waals surface area contributed by atoms with E-state index in [1.807, 2.05) is 30.3 Å². The van der Waals surface area contributed by atoms with Gasteiger partial charge in [-0.25, -0.2) is 9.78 Å². The molecule has 2 aromatic rings. The highest BCUT2D eigenvalue weighted by molar-refractivity contribution is 7.99. The van der Waals surface area contributed by atoms with Crippen LogP contribution < -0.4 is 5.32 Å². The summed E-state index contributed by atoms with van der Waals surface area (Å²) in [5.74, 6) is 0.116. The van der Waals surface area contributed by atoms with Crippen LogP contribution in [-0.4, -0.2) is 30.4 Å². The monoisotopic (exact) mass is 306 g/mol. The number of hydrogen-bond donors (Lipinski definition) is 1. The van der Waals surface area contributed by atoms with Crippen molar-refractivity contribution in [3.63, 3.8) is 0 Å². The lowest BCUT2D eigenvalue weighted by molar-refractivity contribution is -0.150. The highest BCUT2D eigenvalue weighted by Crippen LogP contribution is 2.30. The van der Waals surface area contributed by atoms with Gasteiger partial charge in [-0.3, -0.25) is 0 Å². The Morgan fingerprint density at radius 2 is 2.19 bits per heavy atom. The van der Waals surface area contributed by atoms with Gasteiger partial charge in [-0.1, -0.05) is 42.1 Å². The number of carbonyl (C=O) groups is 1. The van der Waals surface area contributed by atoms with Crippen molar-refractivity contribution in [2.24, 2.45) is 0 Å². The Hall–Kier alpha value is -1.79. The van der Waals surface area contributed by atoms with Crippen molar-refractivity contribution in [3.05, 3.63) is 48.4 Å². The van der Waals surface area contributed by atoms with Crippen molar-refractivity contribution in [3.8, 4) is 0 Å². The summed E-state index contributed by atoms with van der Waals surface area (Å²) in [4.78, 5) is 16.6. The Morgan fingerprint density at radius 1 is 1.43 bits per heavy atom. The number of ether oxygens (including phenoxy) is 1. The number of nitrogens with one attached hydrogen (secondary N) is 1. The third-order valence-electron chi connectivity index (χ3n) is 3.14. The molecule has 0 bridgehead atoms. The summed E-state index contributed by atoms with van der Waals surface area (Å²) < 4.78 is 10.5. The van der Waals surface area contributed by atoms with E-state index in [2.05, 4.69) is 10.3 Å². The molecule has 0 saturated heterocycles. The van der Waals surface area contributed by atoms with Crippen molar-refractivity contribution in [1.82, 2.24) is 10.3 Å². The highest BCUT2D eigenvalue weighted by atomic mass is 32.2. The second kappa shape index (κ2) is 7.28. The van der Waals surface area contributed by atoms with Crippen molar-refractivity contribution < 1.29 is 13.9 Å². The van der Waals surface area contributed by atoms with Gasteiger partial charge in [0.25, 0.3) is 5.22 Å². The molecular weight excluding hydrogens is 288 g/mol. The van der Waals surface area contributed by atoms with E-state index in [1.165, 1.54) is 18.0 Å². The van der Waals surface area contributed by atoms with Gasteiger partial charge in [-0.15, -0.1) is 0 Å². The second-order valence-electron chi connectivity index (χ2n) is 4.33. The van der Waals surface area contributed by atoms with E-state index in [-0.39, 0.29) is 5.97 Å². The largest absolute Gasteiger partial charge is 0.464 e. The van der Waals surface area contributed by atoms with Gasteiger partial charge in [-0.2, -0.15) is 0 Å². The number of benzene rings is 1. The fourth-order valence-corrected chi connectivity index (χ4v) is 3.04. The third kappa shape index (κ3) is 3.46. The zero-order valence-corrected chi connectivity index (χ0v) is 12.9. The molecule has 1 atom stereocenters. The first kappa shape index (κ1) is 15.6. The topological polar surface area (TPSA) is 64.4 Å². The number of aromatic nitrogens is 1. The maximum Gasteiger partial charge on any atom is 0.331 e. The number of esters is 1. The Balaban J connectivity index is 2.29. The Labute approximate surface area is 128 Å². The molecule has 0 fully saturated rings. The summed E-state index contributed by atoms with van der Waals surface area (Å²) in [6.07, 6.45) is 3.09. The Kier molecular flexibility index (Phi) is 5.41. The van der Waals surface area contributed by atoms with E-state index in [0.717, 1.165) is 5.56 Å². The number of oxazole rings is 1. The van der Waals surface area contributed by atoms with E-state index in [1.54, 1.807) is 20.2 Å². The smallest absolute Gasteiger partial charge is 0.331 e. The van der Waals surface area contributed by atoms with Crippen LogP contribution >= 0.6 is 11.8 Å². The first-order chi connectivity index (χ1) is 10.2. The number of hydrogen-bond acceptors (Lipinski definition) is 6. The van der Waals surface area contributed by atoms with Crippen LogP contribution in [0.15, 0.2) is 52.4 Å². The van der Waals surface area contributed by atoms with E-state index in [0.29, 0.717) is 17.6 Å². The van der Waals surface area contributed by atoms with E-state index in [9.17, 15) is 4.79 Å². The van der Waals surface area contributed by atoms with E-state index < -0.39 is 5.54 Å². The molecule has 5 nitrogen and oxygen atoms in total. The molecule has 0 spiro atoms. The first-order valence-electron chi connectivity index (χ1n) is 6.67. The van der Waals surface area contributed by atoms with E-state index >= 15 is 0 Å². The standard InChI is InChI=1S/C15H18N2O3S/c1-3-19-13(18)15(16-2,12-7-5-4-6-8-12)11-21-14-17-9-10-20-14/h4-10,16H,3,11H2,1-2H3. The number of nitrogens with zero attached hydrogens (tertiary/aromatic N) is 1. The van der Waals surface area contributed by atoms with Gasteiger partial charge in [0, 0.05) is 5.75 Å². The van der Waals surface area contributed by atoms with Crippen LogP contribution in [0.4, 0.5) is 0 Å². The quantitative estimate of drug-likeness (QED) is 0.626. The third-order valence-corrected chi connectivity index (χ3v) is 4.17. The summed E-state index contributed by atoms with van der Waals surface area (Å²) in [6.45, 7) is 2.13. The molecule has 0 amide bonds. The maximum atomic E-state index is 12.5. The lowest BCUT2D eigenvalue weighted by Gasteiger charge is -2.30. The van der Waals surface area contributed by atoms with Crippen LogP contribution in [0.25, 0.3) is 0 Å². The van der Waals surface area contributed by atoms with Gasteiger partial charge in [0.05, 0.1) is 12.8 Å². The van der Waals surface area contributed by atoms with Crippen molar-refractivity contribution in [2.45, 2.75) is 17.7 Å². The zero-order chi connectivity index (χ0) is 15.1. The fraction of sp³-hybridized carbons (Fsp3) is 0.333. The Bertz CT molecular complexity index is 560. The summed E-state index contributed by atoms with van der Waals surface area (Å²) >= 11 is 1.37. The SMILES string of the molecule is CCOC(=O)C(CSc1ncco1)(NC)c1ccccc1. The molecule has 0 radical (unpaired) electrons. The van der Waals surface area contributed by atoms with Crippen LogP contribution in [-0.2, 0) is 15.1 Å². The molecule has 0 aliphatic rings. The fourth-order valence-electron chi connectivity index (χ4n) is 2.01. The van der Waals surface area contributed by atoms with Crippen LogP contribution in [0.2, 0.25) is 0 Å². The van der Waals surface area contributed by atoms with Crippen molar-refractivity contribution in [1.29, 1.82) is 0 Å². The van der Waals surface area contributed by atoms with Crippen LogP contribution in [0.3, 0.4) is 0 Å². The molecule has 1 N–H and O–H groups in total. The molecular formula is C15H18N2O3S. The van der Waals surface area contributed by atoms with Crippen molar-refractivity contribution in [2.75, 3.05) is 19.4 Å². The molecule has 6 heteroatoms. The summed E-state index contributed by atoms with van der Waals surface area (Å²) in [5.41, 5.74) is -0.0823. The average Bonchev–Trinajstić information content (AvgIpc) is 3.03. The number of thioether (sulfide) groups is 1. The van der Waals surface area contributed by atoms with Gasteiger partial charge in [0.1, 0.15) is 6.26 Å². The van der Waals surface area contributed by atoms with Gasteiger partial charge < -0.3 is 14.5 Å². The molecule has 1 unspecified atom stereocenters. The molecule has 112 valence electrons. The van der Waals surface area contributed by atoms with Crippen LogP contribution in [0, 0.1) is 0 Å². The summed E-state index contributed by atoms with van der Waals surface area (Å²) in [6, 6.07) is 9.52. The minimum Gasteiger partial charge on any atom is -0.464 e. The van der Waals surface area contributed by atoms with Crippen molar-refractivity contribution >= 4 is 17.7 Å². The maximum absolute atomic E-state index is 12.5. The van der Waals surface area contributed by atoms with Gasteiger partial charge in [0.2, 0.25) is 0 Å². The van der Waals surface area contributed by atoms with Gasteiger partial charge in [-0.05, 0) is 19.5 Å². The Morgan fingerprint density at radius 3 is 2.76 bits per heavy atom. The number of likely N-dealkylation sites (N-methyl/N-ethyl adjacent to an activating group) is 1. The number of carbonyl (C=O) groups excluding carboxylic acids is 1. The summed E-state index contributed by atoms with van der Waals surface area (Å²) in [5, 5.41) is 3.64.